The standard InChI is InChI=1S/C23H40N2O3/c1-6-12-19-20(27-4)17-23(18-21(19)28-5)13-16-25(22(23)26)15-11-9-7-8-10-14-24(2)3/h17-19H,6-16H2,1-5H3. The maximum absolute atomic E-state index is 13.2. The van der Waals surface area contributed by atoms with Crippen molar-refractivity contribution in [2.45, 2.75) is 58.3 Å². The van der Waals surface area contributed by atoms with E-state index in [1.807, 2.05) is 4.90 Å². The van der Waals surface area contributed by atoms with Gasteiger partial charge in [-0.05, 0) is 58.5 Å². The minimum Gasteiger partial charge on any atom is -0.501 e. The third-order valence-electron chi connectivity index (χ3n) is 6.05. The fourth-order valence-electron chi connectivity index (χ4n) is 4.43. The second-order valence-electron chi connectivity index (χ2n) is 8.50. The number of amides is 1. The van der Waals surface area contributed by atoms with Crippen molar-refractivity contribution in [3.8, 4) is 0 Å². The van der Waals surface area contributed by atoms with Gasteiger partial charge in [0.1, 0.15) is 11.5 Å². The molecule has 1 amide bonds. The van der Waals surface area contributed by atoms with E-state index >= 15 is 0 Å². The van der Waals surface area contributed by atoms with E-state index in [2.05, 4.69) is 38.1 Å². The van der Waals surface area contributed by atoms with Gasteiger partial charge >= 0.3 is 0 Å². The molecule has 1 aliphatic heterocycles. The van der Waals surface area contributed by atoms with Crippen LogP contribution < -0.4 is 0 Å². The first-order valence-corrected chi connectivity index (χ1v) is 10.9. The van der Waals surface area contributed by atoms with Gasteiger partial charge in [-0.2, -0.15) is 0 Å². The summed E-state index contributed by atoms with van der Waals surface area (Å²) in [6.45, 7) is 5.00. The molecule has 0 atom stereocenters. The number of methoxy groups -OCH3 is 2. The molecule has 5 heteroatoms. The molecule has 1 spiro atoms. The number of hydrogen-bond acceptors (Lipinski definition) is 4. The molecule has 2 aliphatic rings. The third-order valence-corrected chi connectivity index (χ3v) is 6.05. The summed E-state index contributed by atoms with van der Waals surface area (Å²) < 4.78 is 11.4. The van der Waals surface area contributed by atoms with E-state index < -0.39 is 5.41 Å². The van der Waals surface area contributed by atoms with E-state index in [1.165, 1.54) is 25.7 Å². The molecule has 0 N–H and O–H groups in total. The Hall–Kier alpha value is -1.49. The number of likely N-dealkylation sites (tertiary alicyclic amines) is 1. The predicted octanol–water partition coefficient (Wildman–Crippen LogP) is 4.21. The average Bonchev–Trinajstić information content (AvgIpc) is 2.97. The minimum atomic E-state index is -0.577. The van der Waals surface area contributed by atoms with Gasteiger partial charge in [-0.3, -0.25) is 4.79 Å². The summed E-state index contributed by atoms with van der Waals surface area (Å²) in [5.74, 6) is 2.11. The molecule has 28 heavy (non-hydrogen) atoms. The van der Waals surface area contributed by atoms with Gasteiger partial charge in [0.05, 0.1) is 25.6 Å². The number of rotatable bonds is 12. The van der Waals surface area contributed by atoms with Crippen molar-refractivity contribution in [1.82, 2.24) is 9.80 Å². The Morgan fingerprint density at radius 3 is 2.25 bits per heavy atom. The zero-order chi connectivity index (χ0) is 20.6. The molecule has 1 aliphatic carbocycles. The number of unbranched alkanes of at least 4 members (excludes halogenated alkanes) is 4. The average molecular weight is 393 g/mol. The zero-order valence-corrected chi connectivity index (χ0v) is 18.6. The van der Waals surface area contributed by atoms with Crippen LogP contribution in [-0.2, 0) is 14.3 Å². The highest BCUT2D eigenvalue weighted by Gasteiger charge is 2.47. The summed E-state index contributed by atoms with van der Waals surface area (Å²) in [5.41, 5.74) is -0.577. The molecule has 0 aromatic carbocycles. The molecule has 1 heterocycles. The lowest BCUT2D eigenvalue weighted by Gasteiger charge is -2.32. The molecule has 5 nitrogen and oxygen atoms in total. The minimum absolute atomic E-state index is 0.134. The summed E-state index contributed by atoms with van der Waals surface area (Å²) in [6, 6.07) is 0. The van der Waals surface area contributed by atoms with Crippen LogP contribution >= 0.6 is 0 Å². The Morgan fingerprint density at radius 1 is 1.07 bits per heavy atom. The van der Waals surface area contributed by atoms with Gasteiger partial charge in [0, 0.05) is 13.1 Å². The van der Waals surface area contributed by atoms with Gasteiger partial charge in [-0.1, -0.05) is 32.6 Å². The summed E-state index contributed by atoms with van der Waals surface area (Å²) in [5, 5.41) is 0. The van der Waals surface area contributed by atoms with Gasteiger partial charge in [-0.25, -0.2) is 0 Å². The van der Waals surface area contributed by atoms with E-state index in [1.54, 1.807) is 14.2 Å². The largest absolute Gasteiger partial charge is 0.501 e. The summed E-state index contributed by atoms with van der Waals surface area (Å²) in [7, 11) is 7.65. The monoisotopic (exact) mass is 392 g/mol. The van der Waals surface area contributed by atoms with Crippen LogP contribution in [0.15, 0.2) is 23.7 Å². The van der Waals surface area contributed by atoms with Crippen LogP contribution in [-0.4, -0.2) is 63.7 Å². The first-order chi connectivity index (χ1) is 13.5. The van der Waals surface area contributed by atoms with Gasteiger partial charge in [0.2, 0.25) is 5.91 Å². The van der Waals surface area contributed by atoms with Crippen LogP contribution in [0.1, 0.15) is 58.3 Å². The highest BCUT2D eigenvalue weighted by Crippen LogP contribution is 2.44. The topological polar surface area (TPSA) is 42.0 Å². The third kappa shape index (κ3) is 5.53. The van der Waals surface area contributed by atoms with Gasteiger partial charge in [0.15, 0.2) is 0 Å². The molecule has 0 radical (unpaired) electrons. The maximum atomic E-state index is 13.2. The maximum Gasteiger partial charge on any atom is 0.236 e. The second-order valence-corrected chi connectivity index (χ2v) is 8.50. The fourth-order valence-corrected chi connectivity index (χ4v) is 4.43. The fraction of sp³-hybridized carbons (Fsp3) is 0.783. The smallest absolute Gasteiger partial charge is 0.236 e. The molecule has 0 bridgehead atoms. The van der Waals surface area contributed by atoms with Crippen LogP contribution in [0.5, 0.6) is 0 Å². The molecular formula is C23H40N2O3. The van der Waals surface area contributed by atoms with Gasteiger partial charge in [0.25, 0.3) is 0 Å². The lowest BCUT2D eigenvalue weighted by Crippen LogP contribution is -2.36. The number of nitrogens with zero attached hydrogens (tertiary/aromatic N) is 2. The zero-order valence-electron chi connectivity index (χ0n) is 18.6. The van der Waals surface area contributed by atoms with Crippen molar-refractivity contribution in [2.24, 2.45) is 11.3 Å². The van der Waals surface area contributed by atoms with Crippen LogP contribution in [0.3, 0.4) is 0 Å². The summed E-state index contributed by atoms with van der Waals surface area (Å²) >= 11 is 0. The molecule has 0 aromatic rings. The first-order valence-electron chi connectivity index (χ1n) is 10.9. The Morgan fingerprint density at radius 2 is 1.68 bits per heavy atom. The van der Waals surface area contributed by atoms with Gasteiger partial charge < -0.3 is 19.3 Å². The lowest BCUT2D eigenvalue weighted by atomic mass is 9.77. The first kappa shape index (κ1) is 22.8. The summed E-state index contributed by atoms with van der Waals surface area (Å²) in [4.78, 5) is 17.5. The summed E-state index contributed by atoms with van der Waals surface area (Å²) in [6.07, 6.45) is 13.0. The van der Waals surface area contributed by atoms with Crippen molar-refractivity contribution >= 4 is 5.91 Å². The quantitative estimate of drug-likeness (QED) is 0.467. The van der Waals surface area contributed by atoms with Crippen LogP contribution in [0.4, 0.5) is 0 Å². The van der Waals surface area contributed by atoms with E-state index in [-0.39, 0.29) is 11.8 Å². The SMILES string of the molecule is CCCC1C(OC)=CC2(C=C1OC)CCN(CCCCCCCN(C)C)C2=O. The van der Waals surface area contributed by atoms with Crippen molar-refractivity contribution in [3.63, 3.8) is 0 Å². The van der Waals surface area contributed by atoms with Crippen molar-refractivity contribution in [1.29, 1.82) is 0 Å². The number of carbonyl (C=O) groups excluding carboxylic acids is 1. The highest BCUT2D eigenvalue weighted by molar-refractivity contribution is 5.89. The van der Waals surface area contributed by atoms with Crippen LogP contribution in [0.25, 0.3) is 0 Å². The second kappa shape index (κ2) is 10.9. The number of hydrogen-bond donors (Lipinski definition) is 0. The molecule has 0 unspecified atom stereocenters. The number of ether oxygens (including phenoxy) is 2. The highest BCUT2D eigenvalue weighted by atomic mass is 16.5. The predicted molar refractivity (Wildman–Crippen MR) is 114 cm³/mol. The Kier molecular flexibility index (Phi) is 8.87. The molecule has 1 fully saturated rings. The Balaban J connectivity index is 1.91. The number of carbonyl (C=O) groups is 1. The van der Waals surface area contributed by atoms with E-state index in [0.29, 0.717) is 0 Å². The van der Waals surface area contributed by atoms with Gasteiger partial charge in [-0.15, -0.1) is 0 Å². The van der Waals surface area contributed by atoms with Crippen LogP contribution in [0.2, 0.25) is 0 Å². The normalized spacial score (nSPS) is 24.7. The van der Waals surface area contributed by atoms with Crippen molar-refractivity contribution in [3.05, 3.63) is 23.7 Å². The van der Waals surface area contributed by atoms with E-state index in [9.17, 15) is 4.79 Å². The molecular weight excluding hydrogens is 352 g/mol. The van der Waals surface area contributed by atoms with Crippen LogP contribution in [0, 0.1) is 11.3 Å². The van der Waals surface area contributed by atoms with E-state index in [4.69, 9.17) is 9.47 Å². The molecule has 160 valence electrons. The Bertz CT molecular complexity index is 546. The van der Waals surface area contributed by atoms with Crippen molar-refractivity contribution in [2.75, 3.05) is 47.9 Å². The Labute approximate surface area is 171 Å². The van der Waals surface area contributed by atoms with E-state index in [0.717, 1.165) is 56.8 Å². The molecule has 0 aromatic heterocycles. The van der Waals surface area contributed by atoms with Crippen molar-refractivity contribution < 1.29 is 14.3 Å². The molecule has 1 saturated heterocycles. The molecule has 2 rings (SSSR count). The molecule has 0 saturated carbocycles. The lowest BCUT2D eigenvalue weighted by molar-refractivity contribution is -0.132.